The summed E-state index contributed by atoms with van der Waals surface area (Å²) in [6.07, 6.45) is -2.83. The van der Waals surface area contributed by atoms with Gasteiger partial charge in [-0.3, -0.25) is 4.79 Å². The lowest BCUT2D eigenvalue weighted by atomic mass is 10.1. The van der Waals surface area contributed by atoms with E-state index in [4.69, 9.17) is 4.42 Å². The minimum Gasteiger partial charge on any atom is -0.467 e. The average Bonchev–Trinajstić information content (AvgIpc) is 2.96. The lowest BCUT2D eigenvalue weighted by molar-refractivity contribution is -0.137. The van der Waals surface area contributed by atoms with E-state index in [1.165, 1.54) is 18.4 Å². The van der Waals surface area contributed by atoms with Crippen molar-refractivity contribution in [2.75, 3.05) is 11.4 Å². The lowest BCUT2D eigenvalue weighted by Crippen LogP contribution is -2.22. The molecule has 21 heavy (non-hydrogen) atoms. The zero-order chi connectivity index (χ0) is 15.5. The number of hydrogen-bond acceptors (Lipinski definition) is 3. The highest BCUT2D eigenvalue weighted by Crippen LogP contribution is 2.34. The Hall–Kier alpha value is -2.24. The number of hydrogen-bond donors (Lipinski definition) is 0. The van der Waals surface area contributed by atoms with Crippen molar-refractivity contribution >= 4 is 12.0 Å². The van der Waals surface area contributed by atoms with Crippen LogP contribution in [0.4, 0.5) is 18.9 Å². The highest BCUT2D eigenvalue weighted by Gasteiger charge is 2.33. The van der Waals surface area contributed by atoms with E-state index in [9.17, 15) is 18.0 Å². The van der Waals surface area contributed by atoms with Gasteiger partial charge in [0.2, 0.25) is 0 Å². The third-order valence-electron chi connectivity index (χ3n) is 3.14. The van der Waals surface area contributed by atoms with Crippen LogP contribution in [-0.2, 0) is 12.7 Å². The van der Waals surface area contributed by atoms with Crippen LogP contribution in [0.25, 0.3) is 0 Å². The van der Waals surface area contributed by atoms with Crippen molar-refractivity contribution in [3.8, 4) is 0 Å². The van der Waals surface area contributed by atoms with Crippen LogP contribution in [0.15, 0.2) is 41.0 Å². The molecular weight excluding hydrogens is 283 g/mol. The van der Waals surface area contributed by atoms with Gasteiger partial charge in [0.05, 0.1) is 18.4 Å². The molecule has 6 heteroatoms. The van der Waals surface area contributed by atoms with E-state index < -0.39 is 11.7 Å². The number of aldehydes is 1. The quantitative estimate of drug-likeness (QED) is 0.778. The first kappa shape index (κ1) is 15.2. The maximum absolute atomic E-state index is 13.0. The maximum atomic E-state index is 13.0. The van der Waals surface area contributed by atoms with E-state index in [1.54, 1.807) is 17.0 Å². The van der Waals surface area contributed by atoms with Crippen molar-refractivity contribution in [1.29, 1.82) is 0 Å². The Morgan fingerprint density at radius 2 is 2.05 bits per heavy atom. The minimum absolute atomic E-state index is 0.218. The van der Waals surface area contributed by atoms with E-state index in [-0.39, 0.29) is 11.8 Å². The fourth-order valence-corrected chi connectivity index (χ4v) is 2.07. The molecule has 1 aromatic heterocycles. The Bertz CT molecular complexity index is 606. The molecule has 0 atom stereocenters. The molecule has 0 amide bonds. The highest BCUT2D eigenvalue weighted by molar-refractivity contribution is 5.79. The van der Waals surface area contributed by atoms with Gasteiger partial charge in [0.25, 0.3) is 0 Å². The molecule has 0 aliphatic heterocycles. The van der Waals surface area contributed by atoms with Gasteiger partial charge in [0.1, 0.15) is 5.76 Å². The summed E-state index contributed by atoms with van der Waals surface area (Å²) in [5, 5.41) is 0. The molecule has 0 N–H and O–H groups in total. The Balaban J connectivity index is 2.36. The highest BCUT2D eigenvalue weighted by atomic mass is 19.4. The first-order chi connectivity index (χ1) is 9.95. The number of benzene rings is 1. The standard InChI is InChI=1S/C15H14F3NO2/c1-2-19(9-13-4-3-7-21-13)12-6-5-11(10-20)14(8-12)15(16,17)18/h3-8,10H,2,9H2,1H3. The first-order valence-corrected chi connectivity index (χ1v) is 6.39. The van der Waals surface area contributed by atoms with Gasteiger partial charge < -0.3 is 9.32 Å². The van der Waals surface area contributed by atoms with Crippen molar-refractivity contribution in [1.82, 2.24) is 0 Å². The second-order valence-electron chi connectivity index (χ2n) is 4.48. The third-order valence-corrected chi connectivity index (χ3v) is 3.14. The summed E-state index contributed by atoms with van der Waals surface area (Å²) in [4.78, 5) is 12.5. The van der Waals surface area contributed by atoms with Crippen LogP contribution >= 0.6 is 0 Å². The fourth-order valence-electron chi connectivity index (χ4n) is 2.07. The van der Waals surface area contributed by atoms with Crippen molar-refractivity contribution in [3.63, 3.8) is 0 Å². The summed E-state index contributed by atoms with van der Waals surface area (Å²) in [7, 11) is 0. The molecule has 0 spiro atoms. The SMILES string of the molecule is CCN(Cc1ccco1)c1ccc(C=O)c(C(F)(F)F)c1. The van der Waals surface area contributed by atoms with E-state index in [0.717, 1.165) is 6.07 Å². The van der Waals surface area contributed by atoms with Gasteiger partial charge >= 0.3 is 6.18 Å². The van der Waals surface area contributed by atoms with E-state index in [1.807, 2.05) is 6.92 Å². The van der Waals surface area contributed by atoms with Crippen LogP contribution in [0.2, 0.25) is 0 Å². The number of carbonyl (C=O) groups is 1. The Labute approximate surface area is 120 Å². The van der Waals surface area contributed by atoms with Crippen LogP contribution in [0.3, 0.4) is 0 Å². The summed E-state index contributed by atoms with van der Waals surface area (Å²) < 4.78 is 44.1. The van der Waals surface area contributed by atoms with Crippen LogP contribution in [-0.4, -0.2) is 12.8 Å². The molecule has 0 fully saturated rings. The molecule has 0 radical (unpaired) electrons. The molecule has 0 aliphatic rings. The molecular formula is C15H14F3NO2. The molecule has 0 unspecified atom stereocenters. The largest absolute Gasteiger partial charge is 0.467 e. The van der Waals surface area contributed by atoms with Crippen molar-refractivity contribution in [2.45, 2.75) is 19.6 Å². The zero-order valence-corrected chi connectivity index (χ0v) is 11.4. The lowest BCUT2D eigenvalue weighted by Gasteiger charge is -2.23. The predicted octanol–water partition coefficient (Wildman–Crippen LogP) is 4.14. The van der Waals surface area contributed by atoms with Gasteiger partial charge in [0, 0.05) is 17.8 Å². The van der Waals surface area contributed by atoms with Crippen LogP contribution < -0.4 is 4.90 Å². The summed E-state index contributed by atoms with van der Waals surface area (Å²) in [6, 6.07) is 7.17. The summed E-state index contributed by atoms with van der Waals surface area (Å²) in [5.41, 5.74) is -0.889. The minimum atomic E-state index is -4.56. The van der Waals surface area contributed by atoms with Crippen LogP contribution in [0.1, 0.15) is 28.6 Å². The summed E-state index contributed by atoms with van der Waals surface area (Å²) in [5.74, 6) is 0.657. The second kappa shape index (κ2) is 6.03. The smallest absolute Gasteiger partial charge is 0.417 e. The molecule has 0 bridgehead atoms. The number of halogens is 3. The zero-order valence-electron chi connectivity index (χ0n) is 11.4. The topological polar surface area (TPSA) is 33.5 Å². The molecule has 0 saturated heterocycles. The molecule has 0 aliphatic carbocycles. The van der Waals surface area contributed by atoms with Crippen molar-refractivity contribution in [3.05, 3.63) is 53.5 Å². The summed E-state index contributed by atoms with van der Waals surface area (Å²) in [6.45, 7) is 2.71. The molecule has 1 aromatic carbocycles. The number of rotatable bonds is 5. The van der Waals surface area contributed by atoms with Gasteiger partial charge in [-0.2, -0.15) is 13.2 Å². The predicted molar refractivity (Wildman–Crippen MR) is 72.3 cm³/mol. The number of anilines is 1. The van der Waals surface area contributed by atoms with E-state index in [2.05, 4.69) is 0 Å². The van der Waals surface area contributed by atoms with Gasteiger partial charge in [-0.15, -0.1) is 0 Å². The number of alkyl halides is 3. The maximum Gasteiger partial charge on any atom is 0.417 e. The molecule has 112 valence electrons. The van der Waals surface area contributed by atoms with Gasteiger partial charge in [-0.05, 0) is 37.3 Å². The molecule has 2 aromatic rings. The molecule has 1 heterocycles. The van der Waals surface area contributed by atoms with Gasteiger partial charge in [-0.25, -0.2) is 0 Å². The van der Waals surface area contributed by atoms with Crippen molar-refractivity contribution < 1.29 is 22.4 Å². The fraction of sp³-hybridized carbons (Fsp3) is 0.267. The Kier molecular flexibility index (Phi) is 4.35. The molecule has 2 rings (SSSR count). The number of carbonyl (C=O) groups excluding carboxylic acids is 1. The average molecular weight is 297 g/mol. The second-order valence-corrected chi connectivity index (χ2v) is 4.48. The van der Waals surface area contributed by atoms with Gasteiger partial charge in [-0.1, -0.05) is 0 Å². The Morgan fingerprint density at radius 3 is 2.57 bits per heavy atom. The first-order valence-electron chi connectivity index (χ1n) is 6.39. The summed E-state index contributed by atoms with van der Waals surface area (Å²) >= 11 is 0. The van der Waals surface area contributed by atoms with Gasteiger partial charge in [0.15, 0.2) is 6.29 Å². The number of furan rings is 1. The monoisotopic (exact) mass is 297 g/mol. The Morgan fingerprint density at radius 1 is 1.29 bits per heavy atom. The van der Waals surface area contributed by atoms with E-state index >= 15 is 0 Å². The third kappa shape index (κ3) is 3.45. The van der Waals surface area contributed by atoms with Crippen LogP contribution in [0.5, 0.6) is 0 Å². The molecule has 3 nitrogen and oxygen atoms in total. The van der Waals surface area contributed by atoms with Crippen LogP contribution in [0, 0.1) is 0 Å². The normalized spacial score (nSPS) is 11.4. The van der Waals surface area contributed by atoms with Crippen molar-refractivity contribution in [2.24, 2.45) is 0 Å². The molecule has 0 saturated carbocycles. The number of nitrogens with zero attached hydrogens (tertiary/aromatic N) is 1. The van der Waals surface area contributed by atoms with E-state index in [0.29, 0.717) is 24.5 Å².